The summed E-state index contributed by atoms with van der Waals surface area (Å²) in [6, 6.07) is 11.6. The van der Waals surface area contributed by atoms with Gasteiger partial charge in [-0.25, -0.2) is 0 Å². The monoisotopic (exact) mass is 328 g/mol. The maximum absolute atomic E-state index is 11.6. The molecule has 0 amide bonds. The van der Waals surface area contributed by atoms with Crippen LogP contribution in [0.25, 0.3) is 0 Å². The summed E-state index contributed by atoms with van der Waals surface area (Å²) in [5, 5.41) is 3.52. The third-order valence-electron chi connectivity index (χ3n) is 4.24. The first-order valence-electron chi connectivity index (χ1n) is 8.52. The molecule has 2 heterocycles. The molecule has 0 radical (unpaired) electrons. The third kappa shape index (κ3) is 4.17. The number of nitrogens with one attached hydrogen (secondary N) is 1. The van der Waals surface area contributed by atoms with Gasteiger partial charge in [0.25, 0.3) is 0 Å². The number of rotatable bonds is 7. The molecule has 1 N–H and O–H groups in total. The van der Waals surface area contributed by atoms with Crippen molar-refractivity contribution in [2.75, 3.05) is 19.8 Å². The van der Waals surface area contributed by atoms with Crippen molar-refractivity contribution in [3.05, 3.63) is 58.5 Å². The molecule has 2 aromatic rings. The summed E-state index contributed by atoms with van der Waals surface area (Å²) < 4.78 is 12.9. The van der Waals surface area contributed by atoms with Crippen LogP contribution in [0.5, 0.6) is 11.5 Å². The summed E-state index contributed by atoms with van der Waals surface area (Å²) in [6.45, 7) is 5.05. The van der Waals surface area contributed by atoms with E-state index in [2.05, 4.69) is 24.4 Å². The molecule has 128 valence electrons. The van der Waals surface area contributed by atoms with Crippen LogP contribution in [0.3, 0.4) is 0 Å². The van der Waals surface area contributed by atoms with Crippen molar-refractivity contribution in [3.8, 4) is 11.5 Å². The maximum Gasteiger partial charge on any atom is 0.250 e. The van der Waals surface area contributed by atoms with E-state index >= 15 is 0 Å². The summed E-state index contributed by atoms with van der Waals surface area (Å²) in [4.78, 5) is 11.6. The van der Waals surface area contributed by atoms with Crippen LogP contribution in [-0.4, -0.2) is 24.3 Å². The van der Waals surface area contributed by atoms with E-state index in [0.29, 0.717) is 13.2 Å². The zero-order valence-electron chi connectivity index (χ0n) is 14.0. The first-order valence-corrected chi connectivity index (χ1v) is 8.52. The SMILES string of the molecule is C[C@@H](NCCCCn1ccccc1=O)c1ccc2c(c1)OCCO2. The fourth-order valence-electron chi connectivity index (χ4n) is 2.82. The van der Waals surface area contributed by atoms with Gasteiger partial charge in [0.1, 0.15) is 13.2 Å². The fourth-order valence-corrected chi connectivity index (χ4v) is 2.82. The number of pyridine rings is 1. The molecule has 0 aliphatic carbocycles. The highest BCUT2D eigenvalue weighted by Gasteiger charge is 2.14. The van der Waals surface area contributed by atoms with Gasteiger partial charge in [-0.2, -0.15) is 0 Å². The minimum atomic E-state index is 0.0649. The molecule has 1 aromatic heterocycles. The Morgan fingerprint density at radius 1 is 1.12 bits per heavy atom. The summed E-state index contributed by atoms with van der Waals surface area (Å²) in [6.07, 6.45) is 3.84. The van der Waals surface area contributed by atoms with E-state index in [4.69, 9.17) is 9.47 Å². The molecule has 24 heavy (non-hydrogen) atoms. The molecule has 0 bridgehead atoms. The Morgan fingerprint density at radius 3 is 2.79 bits per heavy atom. The highest BCUT2D eigenvalue weighted by Crippen LogP contribution is 2.32. The molecule has 5 nitrogen and oxygen atoms in total. The smallest absolute Gasteiger partial charge is 0.250 e. The first kappa shape index (κ1) is 16.6. The average Bonchev–Trinajstić information content (AvgIpc) is 2.62. The van der Waals surface area contributed by atoms with Gasteiger partial charge in [-0.3, -0.25) is 4.79 Å². The number of benzene rings is 1. The van der Waals surface area contributed by atoms with Crippen LogP contribution in [0.1, 0.15) is 31.4 Å². The molecule has 1 aromatic carbocycles. The van der Waals surface area contributed by atoms with Gasteiger partial charge < -0.3 is 19.4 Å². The second kappa shape index (κ2) is 8.02. The number of hydrogen-bond donors (Lipinski definition) is 1. The zero-order valence-corrected chi connectivity index (χ0v) is 14.0. The number of aromatic nitrogens is 1. The molecular formula is C19H24N2O3. The van der Waals surface area contributed by atoms with E-state index in [-0.39, 0.29) is 11.6 Å². The van der Waals surface area contributed by atoms with Gasteiger partial charge in [-0.1, -0.05) is 12.1 Å². The van der Waals surface area contributed by atoms with Gasteiger partial charge in [0.15, 0.2) is 11.5 Å². The maximum atomic E-state index is 11.6. The van der Waals surface area contributed by atoms with Crippen LogP contribution >= 0.6 is 0 Å². The fraction of sp³-hybridized carbons (Fsp3) is 0.421. The normalized spacial score (nSPS) is 14.4. The summed E-state index contributed by atoms with van der Waals surface area (Å²) in [5.41, 5.74) is 1.26. The van der Waals surface area contributed by atoms with Crippen LogP contribution in [0, 0.1) is 0 Å². The van der Waals surface area contributed by atoms with Crippen LogP contribution in [-0.2, 0) is 6.54 Å². The predicted molar refractivity (Wildman–Crippen MR) is 93.8 cm³/mol. The van der Waals surface area contributed by atoms with Gasteiger partial charge in [0.2, 0.25) is 5.56 Å². The van der Waals surface area contributed by atoms with Crippen LogP contribution < -0.4 is 20.3 Å². The summed E-state index contributed by atoms with van der Waals surface area (Å²) >= 11 is 0. The lowest BCUT2D eigenvalue weighted by Gasteiger charge is -2.21. The third-order valence-corrected chi connectivity index (χ3v) is 4.24. The minimum absolute atomic E-state index is 0.0649. The quantitative estimate of drug-likeness (QED) is 0.794. The van der Waals surface area contributed by atoms with Crippen LogP contribution in [0.4, 0.5) is 0 Å². The van der Waals surface area contributed by atoms with E-state index in [1.165, 1.54) is 5.56 Å². The molecule has 1 aliphatic heterocycles. The first-order chi connectivity index (χ1) is 11.7. The zero-order chi connectivity index (χ0) is 16.8. The molecule has 3 rings (SSSR count). The number of fused-ring (bicyclic) bond motifs is 1. The van der Waals surface area contributed by atoms with Crippen molar-refractivity contribution in [1.29, 1.82) is 0 Å². The van der Waals surface area contributed by atoms with Gasteiger partial charge in [0.05, 0.1) is 0 Å². The molecule has 1 atom stereocenters. The largest absolute Gasteiger partial charge is 0.486 e. The number of aryl methyl sites for hydroxylation is 1. The van der Waals surface area contributed by atoms with Gasteiger partial charge in [-0.15, -0.1) is 0 Å². The molecule has 0 saturated heterocycles. The van der Waals surface area contributed by atoms with Crippen LogP contribution in [0.2, 0.25) is 0 Å². The lowest BCUT2D eigenvalue weighted by atomic mass is 10.1. The van der Waals surface area contributed by atoms with Crippen molar-refractivity contribution in [2.45, 2.75) is 32.4 Å². The lowest BCUT2D eigenvalue weighted by molar-refractivity contribution is 0.171. The molecular weight excluding hydrogens is 304 g/mol. The minimum Gasteiger partial charge on any atom is -0.486 e. The predicted octanol–water partition coefficient (Wildman–Crippen LogP) is 2.75. The second-order valence-electron chi connectivity index (χ2n) is 6.02. The van der Waals surface area contributed by atoms with Gasteiger partial charge >= 0.3 is 0 Å². The van der Waals surface area contributed by atoms with Crippen molar-refractivity contribution < 1.29 is 9.47 Å². The molecule has 0 fully saturated rings. The van der Waals surface area contributed by atoms with Gasteiger partial charge in [0, 0.05) is 24.8 Å². The summed E-state index contributed by atoms with van der Waals surface area (Å²) in [7, 11) is 0. The van der Waals surface area contributed by atoms with Gasteiger partial charge in [-0.05, 0) is 50.1 Å². The number of nitrogens with zero attached hydrogens (tertiary/aromatic N) is 1. The molecule has 5 heteroatoms. The van der Waals surface area contributed by atoms with Crippen LogP contribution in [0.15, 0.2) is 47.4 Å². The highest BCUT2D eigenvalue weighted by atomic mass is 16.6. The Morgan fingerprint density at radius 2 is 1.96 bits per heavy atom. The van der Waals surface area contributed by atoms with Crippen molar-refractivity contribution in [2.24, 2.45) is 0 Å². The lowest BCUT2D eigenvalue weighted by Crippen LogP contribution is -2.22. The van der Waals surface area contributed by atoms with E-state index in [1.807, 2.05) is 18.3 Å². The average molecular weight is 328 g/mol. The molecule has 0 unspecified atom stereocenters. The highest BCUT2D eigenvalue weighted by molar-refractivity contribution is 5.44. The number of hydrogen-bond acceptors (Lipinski definition) is 4. The van der Waals surface area contributed by atoms with Crippen molar-refractivity contribution >= 4 is 0 Å². The Balaban J connectivity index is 1.43. The van der Waals surface area contributed by atoms with Crippen molar-refractivity contribution in [1.82, 2.24) is 9.88 Å². The molecule has 1 aliphatic rings. The molecule has 0 spiro atoms. The standard InChI is InChI=1S/C19H24N2O3/c1-15(16-7-8-17-18(14-16)24-13-12-23-17)20-9-3-5-11-21-10-4-2-6-19(21)22/h2,4,6-8,10,14-15,20H,3,5,9,11-13H2,1H3/t15-/m1/s1. The molecule has 0 saturated carbocycles. The second-order valence-corrected chi connectivity index (χ2v) is 6.02. The Hall–Kier alpha value is -2.27. The topological polar surface area (TPSA) is 52.5 Å². The van der Waals surface area contributed by atoms with E-state index in [0.717, 1.165) is 37.4 Å². The van der Waals surface area contributed by atoms with Crippen molar-refractivity contribution in [3.63, 3.8) is 0 Å². The number of ether oxygens (including phenoxy) is 2. The Kier molecular flexibility index (Phi) is 5.54. The number of unbranched alkanes of at least 4 members (excludes halogenated alkanes) is 1. The summed E-state index contributed by atoms with van der Waals surface area (Å²) in [5.74, 6) is 1.65. The van der Waals surface area contributed by atoms with E-state index in [1.54, 1.807) is 16.7 Å². The Labute approximate surface area is 142 Å². The van der Waals surface area contributed by atoms with E-state index in [9.17, 15) is 4.79 Å². The Bertz CT molecular complexity index is 727. The van der Waals surface area contributed by atoms with E-state index < -0.39 is 0 Å².